The number of hydrogen-bond donors (Lipinski definition) is 0. The van der Waals surface area contributed by atoms with Gasteiger partial charge in [0.15, 0.2) is 0 Å². The number of benzene rings is 1. The molecule has 0 aliphatic carbocycles. The van der Waals surface area contributed by atoms with Crippen LogP contribution in [0.25, 0.3) is 0 Å². The average molecular weight is 375 g/mol. The molecule has 0 aromatic heterocycles. The van der Waals surface area contributed by atoms with Gasteiger partial charge in [-0.05, 0) is 17.7 Å². The zero-order valence-corrected chi connectivity index (χ0v) is 16.2. The van der Waals surface area contributed by atoms with Crippen LogP contribution in [-0.2, 0) is 20.9 Å². The van der Waals surface area contributed by atoms with Crippen LogP contribution in [0.2, 0.25) is 0 Å². The Morgan fingerprint density at radius 1 is 1.22 bits per heavy atom. The molecule has 2 heterocycles. The van der Waals surface area contributed by atoms with Gasteiger partial charge in [-0.15, -0.1) is 0 Å². The highest BCUT2D eigenvalue weighted by Crippen LogP contribution is 2.17. The van der Waals surface area contributed by atoms with Crippen LogP contribution in [0, 0.1) is 5.92 Å². The van der Waals surface area contributed by atoms with Gasteiger partial charge in [-0.25, -0.2) is 0 Å². The van der Waals surface area contributed by atoms with Crippen molar-refractivity contribution >= 4 is 11.8 Å². The number of carbonyl (C=O) groups is 2. The molecule has 3 rings (SSSR count). The van der Waals surface area contributed by atoms with Gasteiger partial charge in [0.1, 0.15) is 5.75 Å². The van der Waals surface area contributed by atoms with Crippen LogP contribution in [0.15, 0.2) is 24.3 Å². The van der Waals surface area contributed by atoms with Gasteiger partial charge < -0.3 is 19.3 Å². The van der Waals surface area contributed by atoms with Gasteiger partial charge in [-0.1, -0.05) is 19.1 Å². The third-order valence-electron chi connectivity index (χ3n) is 5.20. The lowest BCUT2D eigenvalue weighted by molar-refractivity contribution is -0.148. The molecule has 1 aromatic rings. The summed E-state index contributed by atoms with van der Waals surface area (Å²) >= 11 is 0. The third kappa shape index (κ3) is 5.20. The van der Waals surface area contributed by atoms with Crippen molar-refractivity contribution in [2.24, 2.45) is 5.92 Å². The van der Waals surface area contributed by atoms with Crippen LogP contribution in [-0.4, -0.2) is 86.1 Å². The first-order valence-electron chi connectivity index (χ1n) is 9.56. The molecule has 1 aromatic carbocycles. The molecule has 148 valence electrons. The summed E-state index contributed by atoms with van der Waals surface area (Å²) in [6.07, 6.45) is 0. The van der Waals surface area contributed by atoms with Crippen molar-refractivity contribution in [3.63, 3.8) is 0 Å². The average Bonchev–Trinajstić information content (AvgIpc) is 2.70. The summed E-state index contributed by atoms with van der Waals surface area (Å²) in [6.45, 7) is 7.71. The Balaban J connectivity index is 1.51. The van der Waals surface area contributed by atoms with Crippen molar-refractivity contribution in [2.45, 2.75) is 13.5 Å². The minimum absolute atomic E-state index is 0.00371. The summed E-state index contributed by atoms with van der Waals surface area (Å²) < 4.78 is 10.6. The van der Waals surface area contributed by atoms with E-state index in [1.54, 1.807) is 12.0 Å². The van der Waals surface area contributed by atoms with Crippen molar-refractivity contribution in [1.29, 1.82) is 0 Å². The maximum Gasteiger partial charge on any atom is 0.242 e. The number of piperazine rings is 1. The smallest absolute Gasteiger partial charge is 0.242 e. The fourth-order valence-electron chi connectivity index (χ4n) is 3.62. The molecule has 2 aliphatic heterocycles. The summed E-state index contributed by atoms with van der Waals surface area (Å²) in [4.78, 5) is 31.1. The Hall–Kier alpha value is -2.12. The Kier molecular flexibility index (Phi) is 6.68. The minimum Gasteiger partial charge on any atom is -0.497 e. The third-order valence-corrected chi connectivity index (χ3v) is 5.20. The zero-order chi connectivity index (χ0) is 19.2. The van der Waals surface area contributed by atoms with E-state index >= 15 is 0 Å². The van der Waals surface area contributed by atoms with Crippen molar-refractivity contribution in [3.8, 4) is 5.75 Å². The zero-order valence-electron chi connectivity index (χ0n) is 16.2. The Morgan fingerprint density at radius 3 is 2.70 bits per heavy atom. The number of nitrogens with zero attached hydrogens (tertiary/aromatic N) is 3. The van der Waals surface area contributed by atoms with Crippen molar-refractivity contribution in [1.82, 2.24) is 14.7 Å². The van der Waals surface area contributed by atoms with Crippen LogP contribution in [0.3, 0.4) is 0 Å². The number of ether oxygens (including phenoxy) is 2. The topological polar surface area (TPSA) is 62.3 Å². The molecule has 2 saturated heterocycles. The monoisotopic (exact) mass is 375 g/mol. The lowest BCUT2D eigenvalue weighted by Crippen LogP contribution is -2.54. The van der Waals surface area contributed by atoms with Crippen molar-refractivity contribution in [2.75, 3.05) is 59.6 Å². The van der Waals surface area contributed by atoms with Gasteiger partial charge in [0.2, 0.25) is 11.8 Å². The van der Waals surface area contributed by atoms with Crippen LogP contribution < -0.4 is 4.74 Å². The van der Waals surface area contributed by atoms with Crippen LogP contribution in [0.1, 0.15) is 12.5 Å². The summed E-state index contributed by atoms with van der Waals surface area (Å²) in [5.41, 5.74) is 1.03. The number of amides is 2. The van der Waals surface area contributed by atoms with Gasteiger partial charge in [0.25, 0.3) is 0 Å². The maximum absolute atomic E-state index is 12.7. The van der Waals surface area contributed by atoms with Gasteiger partial charge in [-0.3, -0.25) is 14.5 Å². The van der Waals surface area contributed by atoms with Crippen molar-refractivity contribution < 1.29 is 19.1 Å². The number of hydrogen-bond acceptors (Lipinski definition) is 5. The highest BCUT2D eigenvalue weighted by molar-refractivity contribution is 5.87. The molecular formula is C20H29N3O4. The van der Waals surface area contributed by atoms with E-state index in [2.05, 4.69) is 4.90 Å². The first kappa shape index (κ1) is 19.6. The highest BCUT2D eigenvalue weighted by Gasteiger charge is 2.30. The number of methoxy groups -OCH3 is 1. The van der Waals surface area contributed by atoms with Crippen molar-refractivity contribution in [3.05, 3.63) is 29.8 Å². The number of rotatable bonds is 6. The molecule has 1 atom stereocenters. The predicted octanol–water partition coefficient (Wildman–Crippen LogP) is 0.834. The number of carbonyl (C=O) groups excluding carboxylic acids is 2. The fraction of sp³-hybridized carbons (Fsp3) is 0.600. The second-order valence-electron chi connectivity index (χ2n) is 7.24. The molecule has 0 spiro atoms. The molecule has 2 aliphatic rings. The summed E-state index contributed by atoms with van der Waals surface area (Å²) in [5.74, 6) is 0.735. The molecule has 2 fully saturated rings. The summed E-state index contributed by atoms with van der Waals surface area (Å²) in [6, 6.07) is 7.73. The van der Waals surface area contributed by atoms with E-state index < -0.39 is 0 Å². The SMILES string of the molecule is COc1cccc(CN2CCN(C(=O)[C@@H](C)CN3CCOCC3)CC2=O)c1. The lowest BCUT2D eigenvalue weighted by atomic mass is 10.1. The van der Waals surface area contributed by atoms with E-state index in [1.165, 1.54) is 0 Å². The van der Waals surface area contributed by atoms with E-state index in [0.717, 1.165) is 44.2 Å². The van der Waals surface area contributed by atoms with E-state index in [1.807, 2.05) is 36.1 Å². The molecule has 0 radical (unpaired) electrons. The standard InChI is InChI=1S/C20H29N3O4/c1-16(13-21-8-10-27-11-9-21)20(25)23-7-6-22(19(24)15-23)14-17-4-3-5-18(12-17)26-2/h3-5,12,16H,6-11,13-15H2,1-2H3/t16-/m0/s1. The number of morpholine rings is 1. The molecule has 7 nitrogen and oxygen atoms in total. The predicted molar refractivity (Wildman–Crippen MR) is 101 cm³/mol. The lowest BCUT2D eigenvalue weighted by Gasteiger charge is -2.36. The van der Waals surface area contributed by atoms with Gasteiger partial charge in [-0.2, -0.15) is 0 Å². The van der Waals surface area contributed by atoms with Crippen LogP contribution in [0.5, 0.6) is 5.75 Å². The summed E-state index contributed by atoms with van der Waals surface area (Å²) in [5, 5.41) is 0. The van der Waals surface area contributed by atoms with Gasteiger partial charge in [0.05, 0.1) is 26.9 Å². The molecule has 27 heavy (non-hydrogen) atoms. The summed E-state index contributed by atoms with van der Waals surface area (Å²) in [7, 11) is 1.63. The largest absolute Gasteiger partial charge is 0.497 e. The Labute approximate surface area is 160 Å². The van der Waals surface area contributed by atoms with E-state index in [9.17, 15) is 9.59 Å². The molecule has 0 saturated carbocycles. The second-order valence-corrected chi connectivity index (χ2v) is 7.24. The second kappa shape index (κ2) is 9.19. The van der Waals surface area contributed by atoms with Gasteiger partial charge >= 0.3 is 0 Å². The quantitative estimate of drug-likeness (QED) is 0.737. The van der Waals surface area contributed by atoms with E-state index in [-0.39, 0.29) is 24.3 Å². The van der Waals surface area contributed by atoms with Crippen LogP contribution >= 0.6 is 0 Å². The molecule has 0 bridgehead atoms. The molecular weight excluding hydrogens is 346 g/mol. The first-order chi connectivity index (χ1) is 13.1. The highest BCUT2D eigenvalue weighted by atomic mass is 16.5. The first-order valence-corrected chi connectivity index (χ1v) is 9.56. The minimum atomic E-state index is -0.110. The normalized spacial score (nSPS) is 19.9. The van der Waals surface area contributed by atoms with Gasteiger partial charge in [0, 0.05) is 45.2 Å². The van der Waals surface area contributed by atoms with Crippen LogP contribution in [0.4, 0.5) is 0 Å². The molecule has 2 amide bonds. The molecule has 0 unspecified atom stereocenters. The maximum atomic E-state index is 12.7. The van der Waals surface area contributed by atoms with E-state index in [0.29, 0.717) is 19.6 Å². The van der Waals surface area contributed by atoms with E-state index in [4.69, 9.17) is 9.47 Å². The Bertz CT molecular complexity index is 660. The molecule has 0 N–H and O–H groups in total. The fourth-order valence-corrected chi connectivity index (χ4v) is 3.62. The Morgan fingerprint density at radius 2 is 2.00 bits per heavy atom. The molecule has 7 heteroatoms.